The minimum Gasteiger partial charge on any atom is -0.309 e. The number of hydrogen-bond acceptors (Lipinski definition) is 1. The number of hydrogen-bond donors (Lipinski definition) is 0. The van der Waals surface area contributed by atoms with Crippen molar-refractivity contribution in [1.82, 2.24) is 0 Å². The first-order chi connectivity index (χ1) is 21.3. The Morgan fingerprint density at radius 1 is 0.395 bits per heavy atom. The third-order valence-electron chi connectivity index (χ3n) is 9.68. The Hall–Kier alpha value is -4.88. The van der Waals surface area contributed by atoms with E-state index in [0.29, 0.717) is 0 Å². The second-order valence-electron chi connectivity index (χ2n) is 12.0. The molecule has 43 heavy (non-hydrogen) atoms. The number of nitrogens with zero attached hydrogens (tertiary/aromatic N) is 1. The molecule has 0 aliphatic heterocycles. The summed E-state index contributed by atoms with van der Waals surface area (Å²) >= 11 is 0. The molecule has 8 rings (SSSR count). The van der Waals surface area contributed by atoms with Crippen molar-refractivity contribution in [3.8, 4) is 33.4 Å². The van der Waals surface area contributed by atoms with E-state index in [4.69, 9.17) is 0 Å². The molecule has 1 fully saturated rings. The minimum absolute atomic E-state index is 0.113. The third-order valence-corrected chi connectivity index (χ3v) is 9.68. The Labute approximate surface area is 255 Å². The summed E-state index contributed by atoms with van der Waals surface area (Å²) in [6.07, 6.45) is 6.38. The lowest BCUT2D eigenvalue weighted by Crippen LogP contribution is -2.28. The standard InChI is InChI=1S/C42H35N/c1-4-15-31(16-5-1)32-25-27-34(28-26-32)43(39-23-11-9-19-35(39)33-17-6-2-7-18-33)40-24-14-22-38-41(40)36-20-8-10-21-37(36)42(38)29-12-3-13-30-42/h1-2,4-11,14-28H,3,12-13,29-30H2. The van der Waals surface area contributed by atoms with Crippen LogP contribution in [0.3, 0.4) is 0 Å². The molecule has 0 aromatic heterocycles. The first kappa shape index (κ1) is 25.8. The predicted octanol–water partition coefficient (Wildman–Crippen LogP) is 11.7. The van der Waals surface area contributed by atoms with Gasteiger partial charge in [0.1, 0.15) is 0 Å². The van der Waals surface area contributed by atoms with E-state index in [0.717, 1.165) is 0 Å². The average Bonchev–Trinajstić information content (AvgIpc) is 3.36. The molecular formula is C42H35N. The highest BCUT2D eigenvalue weighted by molar-refractivity contribution is 5.98. The number of benzene rings is 6. The number of para-hydroxylation sites is 1. The smallest absolute Gasteiger partial charge is 0.0543 e. The first-order valence-corrected chi connectivity index (χ1v) is 15.7. The highest BCUT2D eigenvalue weighted by Gasteiger charge is 2.45. The molecule has 208 valence electrons. The van der Waals surface area contributed by atoms with Gasteiger partial charge in [0.05, 0.1) is 11.4 Å². The lowest BCUT2D eigenvalue weighted by molar-refractivity contribution is 0.353. The van der Waals surface area contributed by atoms with Crippen LogP contribution in [0.25, 0.3) is 33.4 Å². The zero-order valence-corrected chi connectivity index (χ0v) is 24.4. The van der Waals surface area contributed by atoms with Gasteiger partial charge in [0.25, 0.3) is 0 Å². The van der Waals surface area contributed by atoms with E-state index in [1.54, 1.807) is 0 Å². The van der Waals surface area contributed by atoms with E-state index < -0.39 is 0 Å². The van der Waals surface area contributed by atoms with Gasteiger partial charge in [0.15, 0.2) is 0 Å². The van der Waals surface area contributed by atoms with Crippen molar-refractivity contribution < 1.29 is 0 Å². The van der Waals surface area contributed by atoms with Gasteiger partial charge in [0.2, 0.25) is 0 Å². The van der Waals surface area contributed by atoms with Crippen molar-refractivity contribution in [3.05, 3.63) is 163 Å². The van der Waals surface area contributed by atoms with Crippen molar-refractivity contribution in [2.45, 2.75) is 37.5 Å². The third kappa shape index (κ3) is 4.31. The maximum absolute atomic E-state index is 2.51. The predicted molar refractivity (Wildman–Crippen MR) is 181 cm³/mol. The van der Waals surface area contributed by atoms with E-state index >= 15 is 0 Å². The number of rotatable bonds is 5. The van der Waals surface area contributed by atoms with E-state index in [-0.39, 0.29) is 5.41 Å². The molecule has 2 aliphatic rings. The van der Waals surface area contributed by atoms with E-state index in [9.17, 15) is 0 Å². The van der Waals surface area contributed by atoms with Crippen LogP contribution in [-0.4, -0.2) is 0 Å². The molecule has 0 unspecified atom stereocenters. The van der Waals surface area contributed by atoms with E-state index in [1.165, 1.54) is 93.7 Å². The lowest BCUT2D eigenvalue weighted by atomic mass is 9.68. The second kappa shape index (κ2) is 10.7. The van der Waals surface area contributed by atoms with Crippen molar-refractivity contribution in [3.63, 3.8) is 0 Å². The fraction of sp³-hybridized carbons (Fsp3) is 0.143. The Bertz CT molecular complexity index is 1880. The summed E-state index contributed by atoms with van der Waals surface area (Å²) < 4.78 is 0. The maximum atomic E-state index is 2.51. The zero-order valence-electron chi connectivity index (χ0n) is 24.4. The molecule has 6 aromatic carbocycles. The molecule has 0 heterocycles. The van der Waals surface area contributed by atoms with Gasteiger partial charge in [0, 0.05) is 22.2 Å². The molecule has 1 heteroatoms. The molecule has 2 aliphatic carbocycles. The summed E-state index contributed by atoms with van der Waals surface area (Å²) in [7, 11) is 0. The molecule has 6 aromatic rings. The fourth-order valence-corrected chi connectivity index (χ4v) is 7.74. The lowest BCUT2D eigenvalue weighted by Gasteiger charge is -2.36. The van der Waals surface area contributed by atoms with Crippen LogP contribution in [0.2, 0.25) is 0 Å². The van der Waals surface area contributed by atoms with Gasteiger partial charge in [-0.1, -0.05) is 147 Å². The SMILES string of the molecule is c1ccc(-c2ccc(N(c3ccccc3-c3ccccc3)c3cccc4c3-c3ccccc3C43CCCCC3)cc2)cc1. The second-order valence-corrected chi connectivity index (χ2v) is 12.0. The van der Waals surface area contributed by atoms with Crippen LogP contribution in [0.5, 0.6) is 0 Å². The summed E-state index contributed by atoms with van der Waals surface area (Å²) in [4.78, 5) is 2.51. The van der Waals surface area contributed by atoms with Gasteiger partial charge in [-0.15, -0.1) is 0 Å². The summed E-state index contributed by atoms with van der Waals surface area (Å²) in [6, 6.07) is 55.7. The normalized spacial score (nSPS) is 14.7. The Morgan fingerprint density at radius 2 is 0.953 bits per heavy atom. The Morgan fingerprint density at radius 3 is 1.70 bits per heavy atom. The highest BCUT2D eigenvalue weighted by atomic mass is 15.1. The van der Waals surface area contributed by atoms with Crippen LogP contribution in [0.15, 0.2) is 152 Å². The molecular weight excluding hydrogens is 518 g/mol. The van der Waals surface area contributed by atoms with Crippen LogP contribution in [0.4, 0.5) is 17.1 Å². The van der Waals surface area contributed by atoms with Gasteiger partial charge in [-0.2, -0.15) is 0 Å². The fourth-order valence-electron chi connectivity index (χ4n) is 7.74. The summed E-state index contributed by atoms with van der Waals surface area (Å²) in [5, 5.41) is 0. The highest BCUT2D eigenvalue weighted by Crippen LogP contribution is 2.59. The van der Waals surface area contributed by atoms with E-state index in [1.807, 2.05) is 0 Å². The number of fused-ring (bicyclic) bond motifs is 5. The van der Waals surface area contributed by atoms with Crippen molar-refractivity contribution in [1.29, 1.82) is 0 Å². The quantitative estimate of drug-likeness (QED) is 0.205. The molecule has 0 atom stereocenters. The topological polar surface area (TPSA) is 3.24 Å². The molecule has 0 amide bonds. The van der Waals surface area contributed by atoms with Gasteiger partial charge < -0.3 is 4.90 Å². The summed E-state index contributed by atoms with van der Waals surface area (Å²) in [5.74, 6) is 0. The molecule has 1 nitrogen and oxygen atoms in total. The van der Waals surface area contributed by atoms with Gasteiger partial charge in [-0.05, 0) is 70.5 Å². The summed E-state index contributed by atoms with van der Waals surface area (Å²) in [5.41, 5.74) is 14.5. The minimum atomic E-state index is 0.113. The van der Waals surface area contributed by atoms with Gasteiger partial charge >= 0.3 is 0 Å². The maximum Gasteiger partial charge on any atom is 0.0543 e. The van der Waals surface area contributed by atoms with Gasteiger partial charge in [-0.25, -0.2) is 0 Å². The summed E-state index contributed by atoms with van der Waals surface area (Å²) in [6.45, 7) is 0. The molecule has 0 bridgehead atoms. The largest absolute Gasteiger partial charge is 0.309 e. The molecule has 0 radical (unpaired) electrons. The molecule has 1 spiro atoms. The van der Waals surface area contributed by atoms with E-state index in [2.05, 4.69) is 157 Å². The first-order valence-electron chi connectivity index (χ1n) is 15.7. The van der Waals surface area contributed by atoms with Crippen molar-refractivity contribution >= 4 is 17.1 Å². The molecule has 0 N–H and O–H groups in total. The van der Waals surface area contributed by atoms with Crippen LogP contribution < -0.4 is 4.90 Å². The van der Waals surface area contributed by atoms with Crippen LogP contribution in [0.1, 0.15) is 43.2 Å². The molecule has 1 saturated carbocycles. The van der Waals surface area contributed by atoms with Crippen LogP contribution in [0, 0.1) is 0 Å². The van der Waals surface area contributed by atoms with Crippen molar-refractivity contribution in [2.75, 3.05) is 4.90 Å². The van der Waals surface area contributed by atoms with Crippen LogP contribution >= 0.6 is 0 Å². The monoisotopic (exact) mass is 553 g/mol. The van der Waals surface area contributed by atoms with Crippen LogP contribution in [-0.2, 0) is 5.41 Å². The Balaban J connectivity index is 1.37. The Kier molecular flexibility index (Phi) is 6.45. The van der Waals surface area contributed by atoms with Gasteiger partial charge in [-0.3, -0.25) is 0 Å². The number of anilines is 3. The van der Waals surface area contributed by atoms with Crippen molar-refractivity contribution in [2.24, 2.45) is 0 Å². The molecule has 0 saturated heterocycles. The zero-order chi connectivity index (χ0) is 28.6. The average molecular weight is 554 g/mol.